The zero-order valence-electron chi connectivity index (χ0n) is 14.7. The summed E-state index contributed by atoms with van der Waals surface area (Å²) in [5.74, 6) is -2.07. The molecule has 0 atom stereocenters. The van der Waals surface area contributed by atoms with Gasteiger partial charge in [-0.2, -0.15) is 0 Å². The SMILES string of the molecule is CN1C(=O)c2c(F)ccc(F)c2Oc2cc(N[C@H]3CC[C@H](O)CC3)ncc21. The van der Waals surface area contributed by atoms with Crippen LogP contribution in [-0.4, -0.2) is 35.2 Å². The molecule has 1 aliphatic carbocycles. The van der Waals surface area contributed by atoms with E-state index in [-0.39, 0.29) is 17.9 Å². The third-order valence-electron chi connectivity index (χ3n) is 5.05. The molecule has 0 radical (unpaired) electrons. The van der Waals surface area contributed by atoms with Crippen molar-refractivity contribution in [3.8, 4) is 11.5 Å². The van der Waals surface area contributed by atoms with Gasteiger partial charge in [0.2, 0.25) is 0 Å². The molecular formula is C19H19F2N3O3. The molecule has 27 heavy (non-hydrogen) atoms. The van der Waals surface area contributed by atoms with E-state index in [2.05, 4.69) is 10.3 Å². The number of nitrogens with zero attached hydrogens (tertiary/aromatic N) is 2. The van der Waals surface area contributed by atoms with Crippen LogP contribution in [0.1, 0.15) is 36.0 Å². The van der Waals surface area contributed by atoms with Gasteiger partial charge < -0.3 is 20.1 Å². The highest BCUT2D eigenvalue weighted by Crippen LogP contribution is 2.41. The normalized spacial score (nSPS) is 21.8. The van der Waals surface area contributed by atoms with Crippen LogP contribution in [0.15, 0.2) is 24.4 Å². The Morgan fingerprint density at radius 2 is 1.93 bits per heavy atom. The van der Waals surface area contributed by atoms with Gasteiger partial charge in [0.05, 0.1) is 12.3 Å². The second-order valence-corrected chi connectivity index (χ2v) is 6.89. The molecule has 0 saturated heterocycles. The summed E-state index contributed by atoms with van der Waals surface area (Å²) < 4.78 is 34.0. The summed E-state index contributed by atoms with van der Waals surface area (Å²) in [5, 5.41) is 12.9. The van der Waals surface area contributed by atoms with Gasteiger partial charge in [-0.25, -0.2) is 13.8 Å². The Morgan fingerprint density at radius 3 is 2.67 bits per heavy atom. The van der Waals surface area contributed by atoms with Crippen molar-refractivity contribution < 1.29 is 23.4 Å². The fourth-order valence-corrected chi connectivity index (χ4v) is 3.49. The van der Waals surface area contributed by atoms with E-state index in [1.165, 1.54) is 18.1 Å². The zero-order chi connectivity index (χ0) is 19.1. The van der Waals surface area contributed by atoms with Crippen molar-refractivity contribution in [1.29, 1.82) is 0 Å². The minimum atomic E-state index is -0.844. The second kappa shape index (κ2) is 6.77. The number of fused-ring (bicyclic) bond motifs is 2. The molecule has 142 valence electrons. The molecule has 2 aromatic rings. The standard InChI is InChI=1S/C19H19F2N3O3/c1-24-14-9-22-16(23-10-2-4-11(25)5-3-10)8-15(14)27-18-13(21)7-6-12(20)17(18)19(24)26/h6-11,25H,2-5H2,1H3,(H,22,23)/t10-,11-. The van der Waals surface area contributed by atoms with Crippen LogP contribution in [0.2, 0.25) is 0 Å². The van der Waals surface area contributed by atoms with Crippen LogP contribution < -0.4 is 15.0 Å². The zero-order valence-corrected chi connectivity index (χ0v) is 14.7. The molecule has 1 saturated carbocycles. The first kappa shape index (κ1) is 17.7. The van der Waals surface area contributed by atoms with Crippen molar-refractivity contribution in [3.05, 3.63) is 41.6 Å². The van der Waals surface area contributed by atoms with E-state index in [4.69, 9.17) is 4.74 Å². The third kappa shape index (κ3) is 3.21. The molecule has 0 spiro atoms. The number of rotatable bonds is 2. The number of pyridine rings is 1. The highest BCUT2D eigenvalue weighted by atomic mass is 19.1. The lowest BCUT2D eigenvalue weighted by Gasteiger charge is -2.27. The first-order chi connectivity index (χ1) is 12.9. The Bertz CT molecular complexity index is 898. The van der Waals surface area contributed by atoms with Gasteiger partial charge >= 0.3 is 0 Å². The number of anilines is 2. The predicted molar refractivity (Wildman–Crippen MR) is 95.3 cm³/mol. The number of ether oxygens (including phenoxy) is 1. The van der Waals surface area contributed by atoms with E-state index < -0.39 is 28.9 Å². The molecule has 1 fully saturated rings. The minimum Gasteiger partial charge on any atom is -0.451 e. The molecule has 1 aliphatic heterocycles. The van der Waals surface area contributed by atoms with Crippen LogP contribution in [0, 0.1) is 11.6 Å². The highest BCUT2D eigenvalue weighted by Gasteiger charge is 2.31. The van der Waals surface area contributed by atoms with E-state index in [1.807, 2.05) is 0 Å². The Hall–Kier alpha value is -2.74. The molecule has 8 heteroatoms. The van der Waals surface area contributed by atoms with Crippen LogP contribution >= 0.6 is 0 Å². The molecule has 2 N–H and O–H groups in total. The summed E-state index contributed by atoms with van der Waals surface area (Å²) in [6.45, 7) is 0. The van der Waals surface area contributed by atoms with E-state index in [9.17, 15) is 18.7 Å². The van der Waals surface area contributed by atoms with Gasteiger partial charge in [-0.05, 0) is 37.8 Å². The number of carbonyl (C=O) groups excluding carboxylic acids is 1. The van der Waals surface area contributed by atoms with Gasteiger partial charge in [-0.1, -0.05) is 0 Å². The Labute approximate surface area is 154 Å². The minimum absolute atomic E-state index is 0.158. The molecule has 1 amide bonds. The van der Waals surface area contributed by atoms with E-state index >= 15 is 0 Å². The average molecular weight is 375 g/mol. The van der Waals surface area contributed by atoms with Gasteiger partial charge in [0, 0.05) is 19.2 Å². The molecule has 2 aliphatic rings. The summed E-state index contributed by atoms with van der Waals surface area (Å²) in [5.41, 5.74) is -0.121. The van der Waals surface area contributed by atoms with Crippen molar-refractivity contribution in [1.82, 2.24) is 4.98 Å². The fourth-order valence-electron chi connectivity index (χ4n) is 3.49. The third-order valence-corrected chi connectivity index (χ3v) is 5.05. The van der Waals surface area contributed by atoms with Crippen molar-refractivity contribution in [2.24, 2.45) is 0 Å². The summed E-state index contributed by atoms with van der Waals surface area (Å²) in [4.78, 5) is 18.1. The maximum atomic E-state index is 14.2. The number of nitrogens with one attached hydrogen (secondary N) is 1. The van der Waals surface area contributed by atoms with Gasteiger partial charge in [-0.3, -0.25) is 4.79 Å². The van der Waals surface area contributed by atoms with Gasteiger partial charge in [-0.15, -0.1) is 0 Å². The Morgan fingerprint density at radius 1 is 1.22 bits per heavy atom. The van der Waals surface area contributed by atoms with E-state index in [1.54, 1.807) is 6.07 Å². The fraction of sp³-hybridized carbons (Fsp3) is 0.368. The highest BCUT2D eigenvalue weighted by molar-refractivity contribution is 6.09. The number of hydrogen-bond acceptors (Lipinski definition) is 5. The average Bonchev–Trinajstić information content (AvgIpc) is 2.76. The van der Waals surface area contributed by atoms with Crippen molar-refractivity contribution in [2.45, 2.75) is 37.8 Å². The lowest BCUT2D eigenvalue weighted by atomic mass is 9.93. The molecule has 4 rings (SSSR count). The van der Waals surface area contributed by atoms with Gasteiger partial charge in [0.25, 0.3) is 5.91 Å². The summed E-state index contributed by atoms with van der Waals surface area (Å²) in [7, 11) is 1.46. The monoisotopic (exact) mass is 375 g/mol. The molecule has 0 unspecified atom stereocenters. The van der Waals surface area contributed by atoms with Crippen molar-refractivity contribution >= 4 is 17.4 Å². The Balaban J connectivity index is 1.68. The van der Waals surface area contributed by atoms with Crippen LogP contribution in [0.4, 0.5) is 20.3 Å². The molecule has 6 nitrogen and oxygen atoms in total. The van der Waals surface area contributed by atoms with Crippen LogP contribution in [0.25, 0.3) is 0 Å². The molecule has 1 aromatic heterocycles. The number of aliphatic hydroxyl groups is 1. The first-order valence-corrected chi connectivity index (χ1v) is 8.82. The summed E-state index contributed by atoms with van der Waals surface area (Å²) >= 11 is 0. The van der Waals surface area contributed by atoms with E-state index in [0.717, 1.165) is 25.0 Å². The number of aliphatic hydroxyl groups excluding tert-OH is 1. The number of aromatic nitrogens is 1. The van der Waals surface area contributed by atoms with Gasteiger partial charge in [0.15, 0.2) is 17.3 Å². The van der Waals surface area contributed by atoms with Crippen molar-refractivity contribution in [3.63, 3.8) is 0 Å². The number of hydrogen-bond donors (Lipinski definition) is 2. The molecule has 0 bridgehead atoms. The van der Waals surface area contributed by atoms with Crippen LogP contribution in [-0.2, 0) is 0 Å². The summed E-state index contributed by atoms with van der Waals surface area (Å²) in [6, 6.07) is 3.57. The van der Waals surface area contributed by atoms with Gasteiger partial charge in [0.1, 0.15) is 22.9 Å². The topological polar surface area (TPSA) is 74.7 Å². The largest absolute Gasteiger partial charge is 0.451 e. The smallest absolute Gasteiger partial charge is 0.265 e. The number of carbonyl (C=O) groups is 1. The molecule has 1 aromatic carbocycles. The lowest BCUT2D eigenvalue weighted by molar-refractivity contribution is 0.0988. The van der Waals surface area contributed by atoms with Crippen LogP contribution in [0.5, 0.6) is 11.5 Å². The quantitative estimate of drug-likeness (QED) is 0.841. The summed E-state index contributed by atoms with van der Waals surface area (Å²) in [6.07, 6.45) is 4.22. The van der Waals surface area contributed by atoms with E-state index in [0.29, 0.717) is 24.3 Å². The number of amides is 1. The number of benzene rings is 1. The number of halogens is 2. The molecule has 2 heterocycles. The predicted octanol–water partition coefficient (Wildman–Crippen LogP) is 3.46. The lowest BCUT2D eigenvalue weighted by Crippen LogP contribution is -2.29. The Kier molecular flexibility index (Phi) is 4.43. The maximum absolute atomic E-state index is 14.2. The van der Waals surface area contributed by atoms with Crippen LogP contribution in [0.3, 0.4) is 0 Å². The molecular weight excluding hydrogens is 356 g/mol. The first-order valence-electron chi connectivity index (χ1n) is 8.82. The maximum Gasteiger partial charge on any atom is 0.265 e. The second-order valence-electron chi connectivity index (χ2n) is 6.89. The van der Waals surface area contributed by atoms with Crippen molar-refractivity contribution in [2.75, 3.05) is 17.3 Å².